The number of carbonyl (C=O) groups excluding carboxylic acids is 1. The standard InChI is InChI=1S/C15H15NO3S/c1-10-2-4-11(5-3-10)13(8-14(17)18)16-15(19)12-6-7-20-9-12/h2-7,9,13H,8H2,1H3,(H,16,19)(H,17,18). The molecule has 1 heterocycles. The number of benzene rings is 1. The highest BCUT2D eigenvalue weighted by molar-refractivity contribution is 7.08. The van der Waals surface area contributed by atoms with Gasteiger partial charge in [-0.3, -0.25) is 9.59 Å². The molecule has 1 aromatic heterocycles. The smallest absolute Gasteiger partial charge is 0.305 e. The second-order valence-electron chi connectivity index (χ2n) is 4.55. The summed E-state index contributed by atoms with van der Waals surface area (Å²) in [7, 11) is 0. The van der Waals surface area contributed by atoms with Crippen molar-refractivity contribution in [2.75, 3.05) is 0 Å². The van der Waals surface area contributed by atoms with Gasteiger partial charge in [-0.1, -0.05) is 29.8 Å². The lowest BCUT2D eigenvalue weighted by atomic mass is 10.0. The van der Waals surface area contributed by atoms with Gasteiger partial charge in [-0.15, -0.1) is 0 Å². The number of aliphatic carboxylic acids is 1. The second-order valence-corrected chi connectivity index (χ2v) is 5.33. The number of hydrogen-bond donors (Lipinski definition) is 2. The Labute approximate surface area is 121 Å². The van der Waals surface area contributed by atoms with Crippen LogP contribution in [0.5, 0.6) is 0 Å². The molecule has 0 spiro atoms. The van der Waals surface area contributed by atoms with Gasteiger partial charge in [0.1, 0.15) is 0 Å². The van der Waals surface area contributed by atoms with Crippen molar-refractivity contribution in [1.29, 1.82) is 0 Å². The molecule has 0 fully saturated rings. The lowest BCUT2D eigenvalue weighted by Gasteiger charge is -2.17. The van der Waals surface area contributed by atoms with Crippen LogP contribution in [0.15, 0.2) is 41.1 Å². The molecule has 1 aromatic carbocycles. The molecule has 0 saturated carbocycles. The minimum absolute atomic E-state index is 0.140. The minimum atomic E-state index is -0.943. The van der Waals surface area contributed by atoms with Gasteiger partial charge >= 0.3 is 5.97 Å². The Morgan fingerprint density at radius 1 is 1.25 bits per heavy atom. The van der Waals surface area contributed by atoms with Crippen molar-refractivity contribution in [1.82, 2.24) is 5.32 Å². The molecule has 0 saturated heterocycles. The molecule has 0 bridgehead atoms. The molecule has 2 aromatic rings. The maximum atomic E-state index is 12.0. The predicted molar refractivity (Wildman–Crippen MR) is 78.0 cm³/mol. The summed E-state index contributed by atoms with van der Waals surface area (Å²) >= 11 is 1.43. The number of carbonyl (C=O) groups is 2. The molecule has 1 amide bonds. The third-order valence-corrected chi connectivity index (χ3v) is 3.63. The number of thiophene rings is 1. The van der Waals surface area contributed by atoms with E-state index >= 15 is 0 Å². The highest BCUT2D eigenvalue weighted by atomic mass is 32.1. The number of rotatable bonds is 5. The topological polar surface area (TPSA) is 66.4 Å². The summed E-state index contributed by atoms with van der Waals surface area (Å²) in [5, 5.41) is 15.3. The van der Waals surface area contributed by atoms with E-state index in [0.717, 1.165) is 11.1 Å². The van der Waals surface area contributed by atoms with E-state index in [4.69, 9.17) is 5.11 Å². The molecule has 20 heavy (non-hydrogen) atoms. The minimum Gasteiger partial charge on any atom is -0.481 e. The molecule has 0 aliphatic heterocycles. The molecule has 1 atom stereocenters. The molecule has 0 aliphatic rings. The number of nitrogens with one attached hydrogen (secondary N) is 1. The van der Waals surface area contributed by atoms with Crippen molar-refractivity contribution in [2.24, 2.45) is 0 Å². The SMILES string of the molecule is Cc1ccc(C(CC(=O)O)NC(=O)c2ccsc2)cc1. The first kappa shape index (κ1) is 14.3. The van der Waals surface area contributed by atoms with Gasteiger partial charge in [0.05, 0.1) is 18.0 Å². The van der Waals surface area contributed by atoms with E-state index in [-0.39, 0.29) is 12.3 Å². The Morgan fingerprint density at radius 2 is 1.95 bits per heavy atom. The summed E-state index contributed by atoms with van der Waals surface area (Å²) in [4.78, 5) is 23.0. The van der Waals surface area contributed by atoms with Gasteiger partial charge in [0.15, 0.2) is 0 Å². The van der Waals surface area contributed by atoms with Crippen LogP contribution in [0.3, 0.4) is 0 Å². The molecule has 2 N–H and O–H groups in total. The summed E-state index contributed by atoms with van der Waals surface area (Å²) in [6, 6.07) is 8.68. The van der Waals surface area contributed by atoms with E-state index in [9.17, 15) is 9.59 Å². The Kier molecular flexibility index (Phi) is 4.53. The fourth-order valence-electron chi connectivity index (χ4n) is 1.86. The lowest BCUT2D eigenvalue weighted by Crippen LogP contribution is -2.29. The summed E-state index contributed by atoms with van der Waals surface area (Å²) in [5.74, 6) is -1.20. The highest BCUT2D eigenvalue weighted by Crippen LogP contribution is 2.19. The van der Waals surface area contributed by atoms with Crippen LogP contribution in [0.1, 0.15) is 33.9 Å². The normalized spacial score (nSPS) is 11.8. The van der Waals surface area contributed by atoms with Gasteiger partial charge in [-0.2, -0.15) is 11.3 Å². The second kappa shape index (κ2) is 6.34. The van der Waals surface area contributed by atoms with Crippen LogP contribution >= 0.6 is 11.3 Å². The van der Waals surface area contributed by atoms with E-state index in [0.29, 0.717) is 5.56 Å². The molecule has 4 nitrogen and oxygen atoms in total. The average molecular weight is 289 g/mol. The monoisotopic (exact) mass is 289 g/mol. The number of carboxylic acid groups (broad SMARTS) is 1. The van der Waals surface area contributed by atoms with E-state index in [1.807, 2.05) is 36.6 Å². The van der Waals surface area contributed by atoms with Crippen LogP contribution in [0.25, 0.3) is 0 Å². The van der Waals surface area contributed by atoms with Gasteiger partial charge in [0.25, 0.3) is 5.91 Å². The van der Waals surface area contributed by atoms with Crippen molar-refractivity contribution in [3.05, 3.63) is 57.8 Å². The van der Waals surface area contributed by atoms with E-state index < -0.39 is 12.0 Å². The zero-order chi connectivity index (χ0) is 14.5. The summed E-state index contributed by atoms with van der Waals surface area (Å²) < 4.78 is 0. The summed E-state index contributed by atoms with van der Waals surface area (Å²) in [5.41, 5.74) is 2.44. The van der Waals surface area contributed by atoms with Crippen LogP contribution < -0.4 is 5.32 Å². The van der Waals surface area contributed by atoms with Crippen molar-refractivity contribution in [3.63, 3.8) is 0 Å². The van der Waals surface area contributed by atoms with Crippen molar-refractivity contribution >= 4 is 23.2 Å². The maximum absolute atomic E-state index is 12.0. The van der Waals surface area contributed by atoms with Gasteiger partial charge < -0.3 is 10.4 Å². The van der Waals surface area contributed by atoms with E-state index in [1.165, 1.54) is 11.3 Å². The Balaban J connectivity index is 2.17. The third kappa shape index (κ3) is 3.68. The highest BCUT2D eigenvalue weighted by Gasteiger charge is 2.18. The van der Waals surface area contributed by atoms with Crippen LogP contribution in [0, 0.1) is 6.92 Å². The fraction of sp³-hybridized carbons (Fsp3) is 0.200. The summed E-state index contributed by atoms with van der Waals surface area (Å²) in [6.07, 6.45) is -0.140. The van der Waals surface area contributed by atoms with E-state index in [1.54, 1.807) is 11.4 Å². The third-order valence-electron chi connectivity index (χ3n) is 2.95. The molecular formula is C15H15NO3S. The first-order valence-corrected chi connectivity index (χ1v) is 7.12. The average Bonchev–Trinajstić information content (AvgIpc) is 2.92. The molecule has 0 aliphatic carbocycles. The van der Waals surface area contributed by atoms with Crippen LogP contribution in [0.2, 0.25) is 0 Å². The first-order chi connectivity index (χ1) is 9.56. The Hall–Kier alpha value is -2.14. The van der Waals surface area contributed by atoms with Gasteiger partial charge in [-0.25, -0.2) is 0 Å². The van der Waals surface area contributed by atoms with Crippen LogP contribution in [0.4, 0.5) is 0 Å². The zero-order valence-electron chi connectivity index (χ0n) is 11.0. The first-order valence-electron chi connectivity index (χ1n) is 6.17. The fourth-order valence-corrected chi connectivity index (χ4v) is 2.50. The number of aryl methyl sites for hydroxylation is 1. The molecule has 5 heteroatoms. The molecule has 0 radical (unpaired) electrons. The van der Waals surface area contributed by atoms with Gasteiger partial charge in [0, 0.05) is 5.38 Å². The number of carboxylic acids is 1. The van der Waals surface area contributed by atoms with Crippen molar-refractivity contribution in [2.45, 2.75) is 19.4 Å². The van der Waals surface area contributed by atoms with Gasteiger partial charge in [0.2, 0.25) is 0 Å². The Morgan fingerprint density at radius 3 is 2.50 bits per heavy atom. The molecule has 2 rings (SSSR count). The van der Waals surface area contributed by atoms with Crippen LogP contribution in [-0.4, -0.2) is 17.0 Å². The van der Waals surface area contributed by atoms with Crippen molar-refractivity contribution in [3.8, 4) is 0 Å². The molecule has 104 valence electrons. The van der Waals surface area contributed by atoms with E-state index in [2.05, 4.69) is 5.32 Å². The largest absolute Gasteiger partial charge is 0.481 e. The summed E-state index contributed by atoms with van der Waals surface area (Å²) in [6.45, 7) is 1.96. The predicted octanol–water partition coefficient (Wildman–Crippen LogP) is 3.00. The maximum Gasteiger partial charge on any atom is 0.305 e. The van der Waals surface area contributed by atoms with Crippen LogP contribution in [-0.2, 0) is 4.79 Å². The lowest BCUT2D eigenvalue weighted by molar-refractivity contribution is -0.137. The quantitative estimate of drug-likeness (QED) is 0.889. The molecular weight excluding hydrogens is 274 g/mol. The Bertz CT molecular complexity index is 590. The van der Waals surface area contributed by atoms with Gasteiger partial charge in [-0.05, 0) is 23.9 Å². The number of amides is 1. The molecule has 1 unspecified atom stereocenters. The number of hydrogen-bond acceptors (Lipinski definition) is 3. The van der Waals surface area contributed by atoms with Crippen molar-refractivity contribution < 1.29 is 14.7 Å². The zero-order valence-corrected chi connectivity index (χ0v) is 11.8.